The van der Waals surface area contributed by atoms with Gasteiger partial charge in [0.1, 0.15) is 0 Å². The smallest absolute Gasteiger partial charge is 0.0343 e. The van der Waals surface area contributed by atoms with Crippen LogP contribution in [0.1, 0.15) is 74.3 Å². The van der Waals surface area contributed by atoms with Gasteiger partial charge in [-0.1, -0.05) is 73.6 Å². The largest absolute Gasteiger partial charge is 0.399 e. The average molecular weight is 343 g/mol. The molecule has 0 atom stereocenters. The fraction of sp³-hybridized carbons (Fsp3) is 0.565. The number of anilines is 1. The van der Waals surface area contributed by atoms with Crippen LogP contribution >= 0.6 is 0 Å². The molecule has 1 aromatic rings. The van der Waals surface area contributed by atoms with E-state index in [1.165, 1.54) is 16.7 Å². The molecular weight excluding hydrogens is 304 g/mol. The molecule has 0 aliphatic heterocycles. The molecule has 0 bridgehead atoms. The number of hydrogen-bond acceptors (Lipinski definition) is 2. The molecular formula is C23H38N2. The van der Waals surface area contributed by atoms with Crippen molar-refractivity contribution in [2.24, 2.45) is 16.6 Å². The first-order valence-corrected chi connectivity index (χ1v) is 9.30. The van der Waals surface area contributed by atoms with Crippen molar-refractivity contribution < 1.29 is 0 Å². The summed E-state index contributed by atoms with van der Waals surface area (Å²) in [6, 6.07) is 8.24. The van der Waals surface area contributed by atoms with Crippen LogP contribution < -0.4 is 11.5 Å². The molecule has 140 valence electrons. The van der Waals surface area contributed by atoms with Crippen molar-refractivity contribution >= 4 is 5.69 Å². The molecule has 2 nitrogen and oxygen atoms in total. The molecule has 0 amide bonds. The zero-order valence-corrected chi connectivity index (χ0v) is 17.7. The van der Waals surface area contributed by atoms with Gasteiger partial charge in [-0.2, -0.15) is 0 Å². The summed E-state index contributed by atoms with van der Waals surface area (Å²) in [5, 5.41) is 0. The van der Waals surface area contributed by atoms with Crippen LogP contribution in [0.3, 0.4) is 0 Å². The van der Waals surface area contributed by atoms with Crippen LogP contribution in [-0.4, -0.2) is 0 Å². The molecule has 2 heteroatoms. The second kappa shape index (κ2) is 7.27. The van der Waals surface area contributed by atoms with Crippen LogP contribution in [0.25, 0.3) is 0 Å². The Balaban J connectivity index is 3.53. The van der Waals surface area contributed by atoms with Gasteiger partial charge in [0, 0.05) is 16.8 Å². The van der Waals surface area contributed by atoms with Crippen LogP contribution in [0.15, 0.2) is 47.2 Å². The maximum atomic E-state index is 6.71. The zero-order chi connectivity index (χ0) is 19.6. The number of allylic oxidation sites excluding steroid dienone is 3. The van der Waals surface area contributed by atoms with E-state index in [9.17, 15) is 0 Å². The lowest BCUT2D eigenvalue weighted by atomic mass is 9.59. The van der Waals surface area contributed by atoms with E-state index in [0.29, 0.717) is 0 Å². The van der Waals surface area contributed by atoms with E-state index in [4.69, 9.17) is 11.5 Å². The molecule has 0 spiro atoms. The standard InChI is InChI=1S/C23H38N2/c1-10-11-19(20(25)16(2)21(3,4)5)23(8,9)22(6,7)17-12-14-18(24)15-13-17/h11-15H,10,24-25H2,1-9H3/b19-11+,20-16-. The van der Waals surface area contributed by atoms with Crippen LogP contribution in [0, 0.1) is 10.8 Å². The van der Waals surface area contributed by atoms with Gasteiger partial charge >= 0.3 is 0 Å². The number of benzene rings is 1. The Kier molecular flexibility index (Phi) is 6.21. The molecule has 1 aromatic carbocycles. The van der Waals surface area contributed by atoms with Gasteiger partial charge in [-0.15, -0.1) is 0 Å². The average Bonchev–Trinajstić information content (AvgIpc) is 2.50. The first kappa shape index (κ1) is 21.3. The quantitative estimate of drug-likeness (QED) is 0.495. The van der Waals surface area contributed by atoms with Crippen molar-refractivity contribution in [1.29, 1.82) is 0 Å². The minimum atomic E-state index is -0.129. The fourth-order valence-corrected chi connectivity index (χ4v) is 3.11. The Morgan fingerprint density at radius 1 is 0.960 bits per heavy atom. The number of nitrogens with two attached hydrogens (primary N) is 2. The highest BCUT2D eigenvalue weighted by Crippen LogP contribution is 2.49. The van der Waals surface area contributed by atoms with E-state index in [-0.39, 0.29) is 16.2 Å². The Bertz CT molecular complexity index is 650. The van der Waals surface area contributed by atoms with Crippen molar-refractivity contribution in [2.75, 3.05) is 5.73 Å². The Morgan fingerprint density at radius 2 is 1.44 bits per heavy atom. The van der Waals surface area contributed by atoms with Gasteiger partial charge in [0.15, 0.2) is 0 Å². The molecule has 0 unspecified atom stereocenters. The minimum absolute atomic E-state index is 0.0539. The lowest BCUT2D eigenvalue weighted by Crippen LogP contribution is -2.40. The monoisotopic (exact) mass is 342 g/mol. The van der Waals surface area contributed by atoms with Crippen molar-refractivity contribution in [3.05, 3.63) is 52.7 Å². The summed E-state index contributed by atoms with van der Waals surface area (Å²) in [4.78, 5) is 0. The summed E-state index contributed by atoms with van der Waals surface area (Å²) < 4.78 is 0. The van der Waals surface area contributed by atoms with Gasteiger partial charge in [-0.3, -0.25) is 0 Å². The van der Waals surface area contributed by atoms with E-state index < -0.39 is 0 Å². The second-order valence-electron chi connectivity index (χ2n) is 9.19. The van der Waals surface area contributed by atoms with Gasteiger partial charge < -0.3 is 11.5 Å². The van der Waals surface area contributed by atoms with E-state index in [1.807, 2.05) is 12.1 Å². The first-order chi connectivity index (χ1) is 11.3. The summed E-state index contributed by atoms with van der Waals surface area (Å²) in [5.41, 5.74) is 17.9. The summed E-state index contributed by atoms with van der Waals surface area (Å²) in [6.07, 6.45) is 3.26. The highest BCUT2D eigenvalue weighted by Gasteiger charge is 2.42. The predicted molar refractivity (Wildman–Crippen MR) is 112 cm³/mol. The number of nitrogen functional groups attached to an aromatic ring is 1. The molecule has 1 rings (SSSR count). The molecule has 0 aliphatic carbocycles. The highest BCUT2D eigenvalue weighted by atomic mass is 14.6. The van der Waals surface area contributed by atoms with Crippen molar-refractivity contribution in [1.82, 2.24) is 0 Å². The molecule has 25 heavy (non-hydrogen) atoms. The van der Waals surface area contributed by atoms with Crippen LogP contribution in [-0.2, 0) is 5.41 Å². The Hall–Kier alpha value is -1.70. The first-order valence-electron chi connectivity index (χ1n) is 9.30. The fourth-order valence-electron chi connectivity index (χ4n) is 3.11. The van der Waals surface area contributed by atoms with Crippen LogP contribution in [0.4, 0.5) is 5.69 Å². The lowest BCUT2D eigenvalue weighted by molar-refractivity contribution is 0.250. The van der Waals surface area contributed by atoms with Gasteiger partial charge in [-0.05, 0) is 53.0 Å². The van der Waals surface area contributed by atoms with E-state index in [1.54, 1.807) is 0 Å². The van der Waals surface area contributed by atoms with E-state index in [0.717, 1.165) is 17.8 Å². The molecule has 4 N–H and O–H groups in total. The normalized spacial score (nSPS) is 15.2. The molecule has 0 aliphatic rings. The Morgan fingerprint density at radius 3 is 1.84 bits per heavy atom. The predicted octanol–water partition coefficient (Wildman–Crippen LogP) is 6.19. The Labute approximate surface area is 155 Å². The molecule has 0 fully saturated rings. The molecule has 0 aromatic heterocycles. The van der Waals surface area contributed by atoms with Gasteiger partial charge in [0.2, 0.25) is 0 Å². The third kappa shape index (κ3) is 4.29. The van der Waals surface area contributed by atoms with Crippen molar-refractivity contribution in [2.45, 2.75) is 74.1 Å². The summed E-state index contributed by atoms with van der Waals surface area (Å²) in [6.45, 7) is 20.2. The van der Waals surface area contributed by atoms with E-state index in [2.05, 4.69) is 80.5 Å². The minimum Gasteiger partial charge on any atom is -0.399 e. The van der Waals surface area contributed by atoms with Crippen molar-refractivity contribution in [3.8, 4) is 0 Å². The van der Waals surface area contributed by atoms with Gasteiger partial charge in [0.25, 0.3) is 0 Å². The molecule has 0 radical (unpaired) electrons. The van der Waals surface area contributed by atoms with E-state index >= 15 is 0 Å². The SMILES string of the molecule is CC/C=C(\C(N)=C(/C)C(C)(C)C)C(C)(C)C(C)(C)c1ccc(N)cc1. The second-order valence-corrected chi connectivity index (χ2v) is 9.19. The molecule has 0 saturated heterocycles. The molecule has 0 heterocycles. The summed E-state index contributed by atoms with van der Waals surface area (Å²) in [5.74, 6) is 0. The summed E-state index contributed by atoms with van der Waals surface area (Å²) in [7, 11) is 0. The van der Waals surface area contributed by atoms with Crippen LogP contribution in [0.2, 0.25) is 0 Å². The lowest BCUT2D eigenvalue weighted by Gasteiger charge is -2.45. The van der Waals surface area contributed by atoms with Crippen LogP contribution in [0.5, 0.6) is 0 Å². The maximum absolute atomic E-state index is 6.71. The van der Waals surface area contributed by atoms with Gasteiger partial charge in [0.05, 0.1) is 0 Å². The topological polar surface area (TPSA) is 52.0 Å². The zero-order valence-electron chi connectivity index (χ0n) is 17.7. The maximum Gasteiger partial charge on any atom is 0.0343 e. The summed E-state index contributed by atoms with van der Waals surface area (Å²) >= 11 is 0. The molecule has 0 saturated carbocycles. The number of rotatable bonds is 5. The third-order valence-corrected chi connectivity index (χ3v) is 6.10. The van der Waals surface area contributed by atoms with Crippen molar-refractivity contribution in [3.63, 3.8) is 0 Å². The number of hydrogen-bond donors (Lipinski definition) is 2. The van der Waals surface area contributed by atoms with Gasteiger partial charge in [-0.25, -0.2) is 0 Å². The highest BCUT2D eigenvalue weighted by molar-refractivity contribution is 5.46. The third-order valence-electron chi connectivity index (χ3n) is 6.10.